The number of amides is 1. The van der Waals surface area contributed by atoms with Crippen LogP contribution in [0.25, 0.3) is 0 Å². The van der Waals surface area contributed by atoms with Gasteiger partial charge >= 0.3 is 0 Å². The number of nitriles is 1. The molecule has 0 bridgehead atoms. The van der Waals surface area contributed by atoms with Crippen LogP contribution in [0, 0.1) is 11.3 Å². The van der Waals surface area contributed by atoms with E-state index in [9.17, 15) is 4.79 Å². The van der Waals surface area contributed by atoms with Crippen LogP contribution in [0.3, 0.4) is 0 Å². The molecule has 1 atom stereocenters. The lowest BCUT2D eigenvalue weighted by Crippen LogP contribution is -2.35. The van der Waals surface area contributed by atoms with E-state index in [1.807, 2.05) is 11.4 Å². The molecule has 7 nitrogen and oxygen atoms in total. The van der Waals surface area contributed by atoms with E-state index in [-0.39, 0.29) is 5.91 Å². The number of nitrogens with zero attached hydrogens (tertiary/aromatic N) is 3. The van der Waals surface area contributed by atoms with Crippen molar-refractivity contribution >= 4 is 22.4 Å². The smallest absolute Gasteiger partial charge is 0.266 e. The summed E-state index contributed by atoms with van der Waals surface area (Å²) < 4.78 is 10.9. The fourth-order valence-electron chi connectivity index (χ4n) is 2.50. The molecule has 0 unspecified atom stereocenters. The molecule has 8 heteroatoms. The molecule has 26 heavy (non-hydrogen) atoms. The van der Waals surface area contributed by atoms with Gasteiger partial charge in [0.15, 0.2) is 11.2 Å². The van der Waals surface area contributed by atoms with Crippen molar-refractivity contribution in [3.05, 3.63) is 40.9 Å². The Morgan fingerprint density at radius 2 is 2.15 bits per heavy atom. The number of aromatic nitrogens is 1. The first-order valence-electron chi connectivity index (χ1n) is 8.36. The summed E-state index contributed by atoms with van der Waals surface area (Å²) in [6, 6.07) is 8.69. The van der Waals surface area contributed by atoms with Crippen LogP contribution in [0.5, 0.6) is 5.75 Å². The molecule has 3 rings (SSSR count). The molecule has 1 aliphatic heterocycles. The van der Waals surface area contributed by atoms with Crippen molar-refractivity contribution in [2.75, 3.05) is 31.6 Å². The van der Waals surface area contributed by atoms with Gasteiger partial charge in [0.05, 0.1) is 30.5 Å². The molecule has 1 aromatic heterocycles. The Hall–Kier alpha value is -2.47. The molecule has 1 amide bonds. The Morgan fingerprint density at radius 3 is 2.85 bits per heavy atom. The molecule has 1 aromatic carbocycles. The number of ether oxygens (including phenoxy) is 2. The van der Waals surface area contributed by atoms with Crippen molar-refractivity contribution < 1.29 is 14.3 Å². The SMILES string of the molecule is C[C@@H](Oc1ccc(C#N)cc1)C(=O)Nc1nc(CN2CCOCC2)cs1. The number of thiazole rings is 1. The molecule has 0 aliphatic carbocycles. The molecule has 2 aromatic rings. The second-order valence-corrected chi connectivity index (χ2v) is 6.78. The highest BCUT2D eigenvalue weighted by atomic mass is 32.1. The summed E-state index contributed by atoms with van der Waals surface area (Å²) in [5.74, 6) is 0.278. The van der Waals surface area contributed by atoms with Crippen LogP contribution in [0.1, 0.15) is 18.2 Å². The van der Waals surface area contributed by atoms with E-state index in [1.54, 1.807) is 31.2 Å². The molecule has 1 N–H and O–H groups in total. The normalized spacial score (nSPS) is 15.8. The predicted molar refractivity (Wildman–Crippen MR) is 98.1 cm³/mol. The second-order valence-electron chi connectivity index (χ2n) is 5.92. The van der Waals surface area contributed by atoms with Crippen LogP contribution in [0.15, 0.2) is 29.6 Å². The molecular weight excluding hydrogens is 352 g/mol. The number of hydrogen-bond acceptors (Lipinski definition) is 7. The number of anilines is 1. The van der Waals surface area contributed by atoms with E-state index in [1.165, 1.54) is 11.3 Å². The van der Waals surface area contributed by atoms with Gasteiger partial charge in [0.1, 0.15) is 5.75 Å². The minimum Gasteiger partial charge on any atom is -0.481 e. The second kappa shape index (κ2) is 8.76. The van der Waals surface area contributed by atoms with E-state index < -0.39 is 6.10 Å². The number of hydrogen-bond donors (Lipinski definition) is 1. The number of benzene rings is 1. The van der Waals surface area contributed by atoms with Gasteiger partial charge in [0, 0.05) is 25.0 Å². The Kier molecular flexibility index (Phi) is 6.17. The summed E-state index contributed by atoms with van der Waals surface area (Å²) in [6.07, 6.45) is -0.672. The third kappa shape index (κ3) is 5.02. The van der Waals surface area contributed by atoms with Crippen molar-refractivity contribution in [1.29, 1.82) is 5.26 Å². The number of carbonyl (C=O) groups excluding carboxylic acids is 1. The van der Waals surface area contributed by atoms with Crippen LogP contribution in [-0.2, 0) is 16.1 Å². The molecule has 1 saturated heterocycles. The zero-order chi connectivity index (χ0) is 18.4. The maximum atomic E-state index is 12.3. The molecule has 0 radical (unpaired) electrons. The molecule has 136 valence electrons. The van der Waals surface area contributed by atoms with E-state index in [2.05, 4.69) is 15.2 Å². The summed E-state index contributed by atoms with van der Waals surface area (Å²) in [7, 11) is 0. The van der Waals surface area contributed by atoms with Gasteiger partial charge in [-0.3, -0.25) is 15.0 Å². The van der Waals surface area contributed by atoms with Gasteiger partial charge in [0.25, 0.3) is 5.91 Å². The third-order valence-electron chi connectivity index (χ3n) is 3.94. The third-order valence-corrected chi connectivity index (χ3v) is 4.74. The average Bonchev–Trinajstić information content (AvgIpc) is 3.10. The van der Waals surface area contributed by atoms with Gasteiger partial charge in [0.2, 0.25) is 0 Å². The standard InChI is InChI=1S/C18H20N4O3S/c1-13(25-16-4-2-14(10-19)3-5-16)17(23)21-18-20-15(12-26-18)11-22-6-8-24-9-7-22/h2-5,12-13H,6-9,11H2,1H3,(H,20,21,23)/t13-/m1/s1. The zero-order valence-electron chi connectivity index (χ0n) is 14.5. The highest BCUT2D eigenvalue weighted by Gasteiger charge is 2.17. The number of nitrogens with one attached hydrogen (secondary N) is 1. The quantitative estimate of drug-likeness (QED) is 0.837. The van der Waals surface area contributed by atoms with Crippen LogP contribution >= 0.6 is 11.3 Å². The minimum absolute atomic E-state index is 0.262. The largest absolute Gasteiger partial charge is 0.481 e. The topological polar surface area (TPSA) is 87.5 Å². The summed E-state index contributed by atoms with van der Waals surface area (Å²) in [5, 5.41) is 14.1. The first kappa shape index (κ1) is 18.3. The van der Waals surface area contributed by atoms with Gasteiger partial charge in [-0.2, -0.15) is 5.26 Å². The number of rotatable bonds is 6. The van der Waals surface area contributed by atoms with Crippen molar-refractivity contribution in [1.82, 2.24) is 9.88 Å². The summed E-state index contributed by atoms with van der Waals surface area (Å²) in [5.41, 5.74) is 1.48. The molecule has 0 spiro atoms. The molecule has 2 heterocycles. The lowest BCUT2D eigenvalue weighted by molar-refractivity contribution is -0.122. The summed E-state index contributed by atoms with van der Waals surface area (Å²) >= 11 is 1.40. The van der Waals surface area contributed by atoms with Gasteiger partial charge in [-0.1, -0.05) is 0 Å². The predicted octanol–water partition coefficient (Wildman–Crippen LogP) is 2.25. The Morgan fingerprint density at radius 1 is 1.42 bits per heavy atom. The first-order chi connectivity index (χ1) is 12.6. The van der Waals surface area contributed by atoms with Crippen molar-refractivity contribution in [3.63, 3.8) is 0 Å². The lowest BCUT2D eigenvalue weighted by atomic mass is 10.2. The highest BCUT2D eigenvalue weighted by Crippen LogP contribution is 2.19. The summed E-state index contributed by atoms with van der Waals surface area (Å²) in [6.45, 7) is 5.72. The fraction of sp³-hybridized carbons (Fsp3) is 0.389. The minimum atomic E-state index is -0.672. The van der Waals surface area contributed by atoms with Crippen LogP contribution in [0.2, 0.25) is 0 Å². The van der Waals surface area contributed by atoms with Gasteiger partial charge in [-0.25, -0.2) is 4.98 Å². The molecule has 1 aliphatic rings. The maximum Gasteiger partial charge on any atom is 0.266 e. The van der Waals surface area contributed by atoms with E-state index >= 15 is 0 Å². The first-order valence-corrected chi connectivity index (χ1v) is 9.24. The van der Waals surface area contributed by atoms with Gasteiger partial charge < -0.3 is 9.47 Å². The highest BCUT2D eigenvalue weighted by molar-refractivity contribution is 7.13. The summed E-state index contributed by atoms with van der Waals surface area (Å²) in [4.78, 5) is 19.0. The van der Waals surface area contributed by atoms with Crippen LogP contribution < -0.4 is 10.1 Å². The zero-order valence-corrected chi connectivity index (χ0v) is 15.3. The lowest BCUT2D eigenvalue weighted by Gasteiger charge is -2.25. The average molecular weight is 372 g/mol. The Balaban J connectivity index is 1.51. The number of morpholine rings is 1. The Bertz CT molecular complexity index is 778. The molecular formula is C18H20N4O3S. The van der Waals surface area contributed by atoms with E-state index in [0.717, 1.165) is 38.5 Å². The van der Waals surface area contributed by atoms with Crippen molar-refractivity contribution in [3.8, 4) is 11.8 Å². The van der Waals surface area contributed by atoms with Gasteiger partial charge in [-0.15, -0.1) is 11.3 Å². The van der Waals surface area contributed by atoms with Crippen molar-refractivity contribution in [2.45, 2.75) is 19.6 Å². The van der Waals surface area contributed by atoms with Crippen LogP contribution in [-0.4, -0.2) is 48.2 Å². The number of carbonyl (C=O) groups is 1. The monoisotopic (exact) mass is 372 g/mol. The maximum absolute atomic E-state index is 12.3. The Labute approximate surface area is 156 Å². The molecule has 0 saturated carbocycles. The fourth-order valence-corrected chi connectivity index (χ4v) is 3.20. The van der Waals surface area contributed by atoms with E-state index in [4.69, 9.17) is 14.7 Å². The van der Waals surface area contributed by atoms with E-state index in [0.29, 0.717) is 16.4 Å². The van der Waals surface area contributed by atoms with Crippen LogP contribution in [0.4, 0.5) is 5.13 Å². The van der Waals surface area contributed by atoms with Crippen molar-refractivity contribution in [2.24, 2.45) is 0 Å². The van der Waals surface area contributed by atoms with Gasteiger partial charge in [-0.05, 0) is 31.2 Å². The molecule has 1 fully saturated rings.